The maximum Gasteiger partial charge on any atom is 0.328 e. The molecule has 0 heterocycles. The van der Waals surface area contributed by atoms with E-state index in [1.54, 1.807) is 44.4 Å². The van der Waals surface area contributed by atoms with Gasteiger partial charge in [0.1, 0.15) is 17.5 Å². The normalized spacial score (nSPS) is 11.5. The summed E-state index contributed by atoms with van der Waals surface area (Å²) >= 11 is 12.3. The number of benzene rings is 3. The van der Waals surface area contributed by atoms with E-state index in [-0.39, 0.29) is 35.2 Å². The minimum atomic E-state index is -0.961. The van der Waals surface area contributed by atoms with Crippen LogP contribution in [0, 0.1) is 0 Å². The van der Waals surface area contributed by atoms with Gasteiger partial charge in [0.25, 0.3) is 5.91 Å². The number of ether oxygens (including phenoxy) is 3. The van der Waals surface area contributed by atoms with Crippen LogP contribution in [0.25, 0.3) is 11.1 Å². The predicted molar refractivity (Wildman–Crippen MR) is 139 cm³/mol. The molecule has 1 atom stereocenters. The molecule has 0 radical (unpaired) electrons. The van der Waals surface area contributed by atoms with Gasteiger partial charge in [-0.15, -0.1) is 0 Å². The van der Waals surface area contributed by atoms with Gasteiger partial charge in [-0.25, -0.2) is 4.79 Å². The van der Waals surface area contributed by atoms with E-state index < -0.39 is 17.9 Å². The number of aliphatic hydroxyl groups excluding tert-OH is 1. The van der Waals surface area contributed by atoms with Crippen molar-refractivity contribution in [1.82, 2.24) is 5.32 Å². The van der Waals surface area contributed by atoms with Crippen LogP contribution in [0.2, 0.25) is 10.0 Å². The number of carbonyl (C=O) groups is 2. The van der Waals surface area contributed by atoms with Crippen LogP contribution in [-0.4, -0.2) is 43.9 Å². The monoisotopic (exact) mass is 531 g/mol. The number of amides is 1. The minimum absolute atomic E-state index is 0.0911. The molecule has 36 heavy (non-hydrogen) atoms. The van der Waals surface area contributed by atoms with Gasteiger partial charge >= 0.3 is 5.97 Å². The van der Waals surface area contributed by atoms with Crippen LogP contribution in [0.4, 0.5) is 0 Å². The number of carbonyl (C=O) groups excluding carboxylic acids is 2. The maximum atomic E-state index is 12.9. The molecule has 0 fully saturated rings. The zero-order valence-corrected chi connectivity index (χ0v) is 21.7. The van der Waals surface area contributed by atoms with Crippen molar-refractivity contribution in [3.63, 3.8) is 0 Å². The molecule has 0 aromatic heterocycles. The van der Waals surface area contributed by atoms with Gasteiger partial charge in [0.05, 0.1) is 48.6 Å². The second kappa shape index (κ2) is 12.6. The average molecular weight is 532 g/mol. The van der Waals surface area contributed by atoms with Crippen LogP contribution in [-0.2, 0) is 22.6 Å². The van der Waals surface area contributed by atoms with Crippen molar-refractivity contribution in [2.45, 2.75) is 26.0 Å². The van der Waals surface area contributed by atoms with E-state index in [4.69, 9.17) is 37.4 Å². The molecule has 0 bridgehead atoms. The van der Waals surface area contributed by atoms with E-state index in [9.17, 15) is 14.7 Å². The third-order valence-electron chi connectivity index (χ3n) is 5.54. The molecule has 0 aliphatic heterocycles. The largest absolute Gasteiger partial charge is 0.496 e. The number of aliphatic hydroxyl groups is 1. The van der Waals surface area contributed by atoms with E-state index in [0.29, 0.717) is 22.6 Å². The summed E-state index contributed by atoms with van der Waals surface area (Å²) in [5, 5.41) is 12.8. The number of rotatable bonds is 10. The molecule has 7 nitrogen and oxygen atoms in total. The fourth-order valence-electron chi connectivity index (χ4n) is 3.83. The van der Waals surface area contributed by atoms with Crippen molar-refractivity contribution in [3.8, 4) is 22.6 Å². The van der Waals surface area contributed by atoms with Crippen molar-refractivity contribution >= 4 is 35.1 Å². The van der Waals surface area contributed by atoms with Crippen LogP contribution < -0.4 is 14.8 Å². The second-order valence-corrected chi connectivity index (χ2v) is 8.58. The Bertz CT molecular complexity index is 1210. The zero-order chi connectivity index (χ0) is 26.2. The number of hydrogen-bond acceptors (Lipinski definition) is 6. The quantitative estimate of drug-likeness (QED) is 0.354. The van der Waals surface area contributed by atoms with Crippen LogP contribution in [0.15, 0.2) is 54.6 Å². The summed E-state index contributed by atoms with van der Waals surface area (Å²) in [6.07, 6.45) is 0.178. The lowest BCUT2D eigenvalue weighted by Gasteiger charge is -2.19. The lowest BCUT2D eigenvalue weighted by atomic mass is 9.97. The van der Waals surface area contributed by atoms with Crippen LogP contribution in [0.3, 0.4) is 0 Å². The molecule has 2 N–H and O–H groups in total. The van der Waals surface area contributed by atoms with Gasteiger partial charge in [-0.3, -0.25) is 4.79 Å². The molecule has 0 saturated carbocycles. The molecule has 190 valence electrons. The van der Waals surface area contributed by atoms with Gasteiger partial charge in [-0.2, -0.15) is 0 Å². The Labute approximate surface area is 219 Å². The van der Waals surface area contributed by atoms with E-state index in [1.165, 1.54) is 7.11 Å². The Balaban J connectivity index is 1.89. The van der Waals surface area contributed by atoms with Gasteiger partial charge < -0.3 is 24.6 Å². The van der Waals surface area contributed by atoms with Crippen molar-refractivity contribution in [3.05, 3.63) is 81.3 Å². The summed E-state index contributed by atoms with van der Waals surface area (Å²) < 4.78 is 16.2. The first-order valence-corrected chi connectivity index (χ1v) is 12.0. The lowest BCUT2D eigenvalue weighted by molar-refractivity contribution is -0.145. The Morgan fingerprint density at radius 2 is 1.64 bits per heavy atom. The summed E-state index contributed by atoms with van der Waals surface area (Å²) in [5.41, 5.74) is 2.98. The molecule has 9 heteroatoms. The zero-order valence-electron chi connectivity index (χ0n) is 20.1. The molecular formula is C27H27Cl2NO6. The third kappa shape index (κ3) is 6.10. The molecule has 3 aromatic carbocycles. The maximum absolute atomic E-state index is 12.9. The summed E-state index contributed by atoms with van der Waals surface area (Å²) in [4.78, 5) is 25.6. The fourth-order valence-corrected chi connectivity index (χ4v) is 4.40. The van der Waals surface area contributed by atoms with Crippen molar-refractivity contribution in [2.24, 2.45) is 0 Å². The Morgan fingerprint density at radius 3 is 2.19 bits per heavy atom. The minimum Gasteiger partial charge on any atom is -0.496 e. The van der Waals surface area contributed by atoms with Crippen molar-refractivity contribution < 1.29 is 28.9 Å². The molecular weight excluding hydrogens is 505 g/mol. The first kappa shape index (κ1) is 27.3. The molecule has 0 unspecified atom stereocenters. The first-order chi connectivity index (χ1) is 17.3. The summed E-state index contributed by atoms with van der Waals surface area (Å²) in [5.74, 6) is -0.0457. The highest BCUT2D eigenvalue weighted by Crippen LogP contribution is 2.41. The molecule has 0 aliphatic carbocycles. The summed E-state index contributed by atoms with van der Waals surface area (Å²) in [6.45, 7) is 1.67. The predicted octanol–water partition coefficient (Wildman–Crippen LogP) is 5.07. The second-order valence-electron chi connectivity index (χ2n) is 7.77. The topological polar surface area (TPSA) is 94.1 Å². The average Bonchev–Trinajstić information content (AvgIpc) is 2.87. The van der Waals surface area contributed by atoms with E-state index in [2.05, 4.69) is 5.32 Å². The third-order valence-corrected chi connectivity index (χ3v) is 6.17. The van der Waals surface area contributed by atoms with Gasteiger partial charge in [-0.05, 0) is 42.3 Å². The number of hydrogen-bond donors (Lipinski definition) is 2. The fraction of sp³-hybridized carbons (Fsp3) is 0.259. The smallest absolute Gasteiger partial charge is 0.328 e. The van der Waals surface area contributed by atoms with Crippen molar-refractivity contribution in [2.75, 3.05) is 20.8 Å². The molecule has 3 rings (SSSR count). The SMILES string of the molecule is CCOC(=O)[C@H](Cc1ccc(-c2c(OC)ccc(CO)c2OC)cc1)NC(=O)c1c(Cl)cccc1Cl. The highest BCUT2D eigenvalue weighted by molar-refractivity contribution is 6.39. The Kier molecular flexibility index (Phi) is 9.58. The summed E-state index contributed by atoms with van der Waals surface area (Å²) in [6, 6.07) is 14.7. The lowest BCUT2D eigenvalue weighted by Crippen LogP contribution is -2.43. The molecule has 0 spiro atoms. The highest BCUT2D eigenvalue weighted by atomic mass is 35.5. The number of methoxy groups -OCH3 is 2. The highest BCUT2D eigenvalue weighted by Gasteiger charge is 2.25. The Hall–Kier alpha value is -3.26. The van der Waals surface area contributed by atoms with E-state index >= 15 is 0 Å². The van der Waals surface area contributed by atoms with Crippen LogP contribution in [0.1, 0.15) is 28.4 Å². The van der Waals surface area contributed by atoms with Gasteiger partial charge in [-0.1, -0.05) is 53.5 Å². The molecule has 1 amide bonds. The Morgan fingerprint density at radius 1 is 0.972 bits per heavy atom. The van der Waals surface area contributed by atoms with Crippen LogP contribution >= 0.6 is 23.2 Å². The van der Waals surface area contributed by atoms with Gasteiger partial charge in [0.2, 0.25) is 0 Å². The molecule has 0 saturated heterocycles. The number of esters is 1. The molecule has 3 aromatic rings. The standard InChI is InChI=1S/C27H27Cl2NO6/c1-4-36-27(33)21(30-26(32)24-19(28)6-5-7-20(24)29)14-16-8-10-17(11-9-16)23-22(34-2)13-12-18(15-31)25(23)35-3/h5-13,21,31H,4,14-15H2,1-3H3,(H,30,32)/t21-/m0/s1. The number of halogens is 2. The van der Waals surface area contributed by atoms with Crippen molar-refractivity contribution in [1.29, 1.82) is 0 Å². The van der Waals surface area contributed by atoms with Gasteiger partial charge in [0, 0.05) is 12.0 Å². The van der Waals surface area contributed by atoms with E-state index in [1.807, 2.05) is 24.3 Å². The first-order valence-electron chi connectivity index (χ1n) is 11.2. The summed E-state index contributed by atoms with van der Waals surface area (Å²) in [7, 11) is 3.09. The van der Waals surface area contributed by atoms with Gasteiger partial charge in [0.15, 0.2) is 0 Å². The van der Waals surface area contributed by atoms with E-state index in [0.717, 1.165) is 11.1 Å². The molecule has 0 aliphatic rings. The van der Waals surface area contributed by atoms with Crippen LogP contribution in [0.5, 0.6) is 11.5 Å². The number of nitrogens with one attached hydrogen (secondary N) is 1.